The molecule has 4 N–H and O–H groups in total. The van der Waals surface area contributed by atoms with Crippen LogP contribution in [0, 0.1) is 0 Å². The molecule has 1 fully saturated rings. The summed E-state index contributed by atoms with van der Waals surface area (Å²) in [5.74, 6) is 1.33. The molecule has 29 heavy (non-hydrogen) atoms. The van der Waals surface area contributed by atoms with Gasteiger partial charge in [-0.25, -0.2) is 9.50 Å². The molecule has 0 unspecified atom stereocenters. The van der Waals surface area contributed by atoms with Gasteiger partial charge in [0.15, 0.2) is 5.65 Å². The zero-order valence-electron chi connectivity index (χ0n) is 16.5. The highest BCUT2D eigenvalue weighted by Gasteiger charge is 2.29. The van der Waals surface area contributed by atoms with Crippen molar-refractivity contribution < 1.29 is 5.11 Å². The van der Waals surface area contributed by atoms with Crippen LogP contribution in [0.15, 0.2) is 30.7 Å². The van der Waals surface area contributed by atoms with Crippen molar-refractivity contribution in [3.05, 3.63) is 30.7 Å². The van der Waals surface area contributed by atoms with Crippen LogP contribution in [0.25, 0.3) is 27.9 Å². The summed E-state index contributed by atoms with van der Waals surface area (Å²) in [5.41, 5.74) is 2.75. The Hall–Kier alpha value is -3.20. The zero-order chi connectivity index (χ0) is 20.0. The van der Waals surface area contributed by atoms with Crippen molar-refractivity contribution in [2.24, 2.45) is 0 Å². The smallest absolute Gasteiger partial charge is 0.226 e. The Labute approximate surface area is 167 Å². The van der Waals surface area contributed by atoms with E-state index < -0.39 is 5.60 Å². The highest BCUT2D eigenvalue weighted by atomic mass is 16.3. The van der Waals surface area contributed by atoms with Gasteiger partial charge >= 0.3 is 0 Å². The quantitative estimate of drug-likeness (QED) is 0.422. The summed E-state index contributed by atoms with van der Waals surface area (Å²) in [5, 5.41) is 21.9. The van der Waals surface area contributed by atoms with E-state index in [1.54, 1.807) is 10.7 Å². The van der Waals surface area contributed by atoms with Gasteiger partial charge in [-0.1, -0.05) is 0 Å². The van der Waals surface area contributed by atoms with Crippen LogP contribution in [0.4, 0.5) is 11.8 Å². The van der Waals surface area contributed by atoms with Crippen molar-refractivity contribution in [1.29, 1.82) is 0 Å². The minimum atomic E-state index is -0.558. The number of H-pyrrole nitrogens is 1. The molecule has 0 spiro atoms. The second-order valence-corrected chi connectivity index (χ2v) is 7.93. The first-order valence-corrected chi connectivity index (χ1v) is 9.89. The largest absolute Gasteiger partial charge is 0.390 e. The Morgan fingerprint density at radius 3 is 2.83 bits per heavy atom. The highest BCUT2D eigenvalue weighted by Crippen LogP contribution is 2.33. The van der Waals surface area contributed by atoms with Crippen LogP contribution >= 0.6 is 0 Å². The monoisotopic (exact) mass is 392 g/mol. The minimum Gasteiger partial charge on any atom is -0.390 e. The number of fused-ring (bicyclic) bond motifs is 2. The van der Waals surface area contributed by atoms with Crippen LogP contribution < -0.4 is 10.6 Å². The lowest BCUT2D eigenvalue weighted by Crippen LogP contribution is -2.36. The molecule has 4 aromatic rings. The molecule has 9 heteroatoms. The number of aromatic amines is 1. The van der Waals surface area contributed by atoms with Gasteiger partial charge in [0.25, 0.3) is 0 Å². The van der Waals surface area contributed by atoms with E-state index in [2.05, 4.69) is 25.7 Å². The number of nitrogens with one attached hydrogen (secondary N) is 3. The predicted octanol–water partition coefficient (Wildman–Crippen LogP) is 2.81. The molecule has 0 radical (unpaired) electrons. The van der Waals surface area contributed by atoms with Crippen LogP contribution in [-0.2, 0) is 0 Å². The van der Waals surface area contributed by atoms with Gasteiger partial charge in [-0.3, -0.25) is 0 Å². The van der Waals surface area contributed by atoms with Crippen LogP contribution in [0.2, 0.25) is 0 Å². The molecule has 1 aliphatic carbocycles. The van der Waals surface area contributed by atoms with Crippen molar-refractivity contribution in [1.82, 2.24) is 29.5 Å². The third-order valence-corrected chi connectivity index (χ3v) is 5.70. The number of anilines is 2. The molecular formula is C20H24N8O. The maximum Gasteiger partial charge on any atom is 0.226 e. The van der Waals surface area contributed by atoms with E-state index in [0.717, 1.165) is 59.4 Å². The minimum absolute atomic E-state index is 0.262. The van der Waals surface area contributed by atoms with Crippen LogP contribution in [0.3, 0.4) is 0 Å². The van der Waals surface area contributed by atoms with Gasteiger partial charge in [-0.2, -0.15) is 15.1 Å². The van der Waals surface area contributed by atoms with Gasteiger partial charge in [-0.15, -0.1) is 0 Å². The normalized spacial score (nSPS) is 22.2. The fourth-order valence-corrected chi connectivity index (χ4v) is 4.01. The summed E-state index contributed by atoms with van der Waals surface area (Å²) in [7, 11) is 1.85. The van der Waals surface area contributed by atoms with Crippen molar-refractivity contribution in [3.63, 3.8) is 0 Å². The molecule has 1 saturated carbocycles. The topological polar surface area (TPSA) is 116 Å². The molecule has 0 bridgehead atoms. The number of aliphatic hydroxyl groups is 1. The van der Waals surface area contributed by atoms with Crippen LogP contribution in [-0.4, -0.2) is 53.3 Å². The van der Waals surface area contributed by atoms with Crippen molar-refractivity contribution in [2.75, 3.05) is 17.7 Å². The van der Waals surface area contributed by atoms with Gasteiger partial charge in [0.2, 0.25) is 5.95 Å². The van der Waals surface area contributed by atoms with Crippen molar-refractivity contribution in [2.45, 2.75) is 44.2 Å². The van der Waals surface area contributed by atoms with E-state index in [0.29, 0.717) is 5.95 Å². The number of nitrogens with zero attached hydrogens (tertiary/aromatic N) is 5. The van der Waals surface area contributed by atoms with E-state index >= 15 is 0 Å². The van der Waals surface area contributed by atoms with Gasteiger partial charge < -0.3 is 20.7 Å². The molecule has 0 amide bonds. The molecule has 1 aliphatic rings. The second-order valence-electron chi connectivity index (χ2n) is 7.93. The van der Waals surface area contributed by atoms with Gasteiger partial charge in [0, 0.05) is 37.1 Å². The van der Waals surface area contributed by atoms with Gasteiger partial charge in [0.05, 0.1) is 22.9 Å². The number of hydrogen-bond acceptors (Lipinski definition) is 7. The molecule has 0 aromatic carbocycles. The summed E-state index contributed by atoms with van der Waals surface area (Å²) in [4.78, 5) is 17.3. The molecule has 4 aromatic heterocycles. The summed E-state index contributed by atoms with van der Waals surface area (Å²) in [6.07, 6.45) is 8.89. The average molecular weight is 392 g/mol. The third kappa shape index (κ3) is 3.27. The lowest BCUT2D eigenvalue weighted by molar-refractivity contribution is 0.0196. The first-order chi connectivity index (χ1) is 14.0. The van der Waals surface area contributed by atoms with Crippen LogP contribution in [0.1, 0.15) is 32.6 Å². The Kier molecular flexibility index (Phi) is 4.13. The zero-order valence-corrected chi connectivity index (χ0v) is 16.5. The van der Waals surface area contributed by atoms with E-state index in [-0.39, 0.29) is 6.04 Å². The second kappa shape index (κ2) is 6.70. The SMILES string of the molecule is CNc1nc(N[C@H]2CC[C@@](C)(O)CC2)nc2[nH]cc(-c3ccn4nccc4n3)c12. The molecule has 4 heterocycles. The Morgan fingerprint density at radius 2 is 2.03 bits per heavy atom. The number of aromatic nitrogens is 6. The van der Waals surface area contributed by atoms with Gasteiger partial charge in [-0.05, 0) is 38.7 Å². The van der Waals surface area contributed by atoms with Crippen molar-refractivity contribution >= 4 is 28.4 Å². The third-order valence-electron chi connectivity index (χ3n) is 5.70. The molecule has 150 valence electrons. The molecule has 0 saturated heterocycles. The average Bonchev–Trinajstić information content (AvgIpc) is 3.35. The van der Waals surface area contributed by atoms with Gasteiger partial charge in [0.1, 0.15) is 11.5 Å². The maximum atomic E-state index is 10.2. The first kappa shape index (κ1) is 17.9. The molecule has 5 rings (SSSR count). The summed E-state index contributed by atoms with van der Waals surface area (Å²) in [6, 6.07) is 4.07. The van der Waals surface area contributed by atoms with E-state index in [9.17, 15) is 5.11 Å². The number of hydrogen-bond donors (Lipinski definition) is 4. The molecule has 0 atom stereocenters. The fraction of sp³-hybridized carbons (Fsp3) is 0.400. The summed E-state index contributed by atoms with van der Waals surface area (Å²) < 4.78 is 1.73. The molecule has 0 aliphatic heterocycles. The van der Waals surface area contributed by atoms with Crippen LogP contribution in [0.5, 0.6) is 0 Å². The summed E-state index contributed by atoms with van der Waals surface area (Å²) >= 11 is 0. The lowest BCUT2D eigenvalue weighted by Gasteiger charge is -2.33. The van der Waals surface area contributed by atoms with E-state index in [1.165, 1.54) is 0 Å². The molecular weight excluding hydrogens is 368 g/mol. The first-order valence-electron chi connectivity index (χ1n) is 9.89. The Morgan fingerprint density at radius 1 is 1.21 bits per heavy atom. The predicted molar refractivity (Wildman–Crippen MR) is 112 cm³/mol. The van der Waals surface area contributed by atoms with E-state index in [1.807, 2.05) is 38.5 Å². The summed E-state index contributed by atoms with van der Waals surface area (Å²) in [6.45, 7) is 1.90. The lowest BCUT2D eigenvalue weighted by atomic mass is 9.84. The molecule has 9 nitrogen and oxygen atoms in total. The fourth-order valence-electron chi connectivity index (χ4n) is 4.01. The highest BCUT2D eigenvalue weighted by molar-refractivity contribution is 6.00. The van der Waals surface area contributed by atoms with Crippen molar-refractivity contribution in [3.8, 4) is 11.3 Å². The maximum absolute atomic E-state index is 10.2. The Balaban J connectivity index is 1.49. The Bertz CT molecular complexity index is 1170. The van der Waals surface area contributed by atoms with E-state index in [4.69, 9.17) is 9.97 Å². The number of rotatable bonds is 4. The standard InChI is InChI=1S/C20H24N8O/c1-20(29)7-3-12(4-8-20)24-19-26-17(21-2)16-13(11-22-18(16)27-19)14-6-10-28-15(25-14)5-9-23-28/h5-6,9-12,29H,3-4,7-8H2,1-2H3,(H3,21,22,24,26,27)/t12-,20+.